The summed E-state index contributed by atoms with van der Waals surface area (Å²) in [6.45, 7) is 9.45. The Balaban J connectivity index is 1.29. The van der Waals surface area contributed by atoms with E-state index in [1.165, 1.54) is 32.1 Å². The van der Waals surface area contributed by atoms with E-state index in [2.05, 4.69) is 32.7 Å². The van der Waals surface area contributed by atoms with Gasteiger partial charge in [0.05, 0.1) is 0 Å². The third-order valence-corrected chi connectivity index (χ3v) is 7.09. The fourth-order valence-corrected chi connectivity index (χ4v) is 5.04. The van der Waals surface area contributed by atoms with Crippen LogP contribution in [0.15, 0.2) is 6.07 Å². The molecule has 3 aliphatic rings. The molecule has 2 saturated heterocycles. The van der Waals surface area contributed by atoms with Crippen LogP contribution in [-0.2, 0) is 4.79 Å². The number of rotatable bonds is 5. The smallest absolute Gasteiger partial charge is 0.222 e. The first-order chi connectivity index (χ1) is 14.6. The number of anilines is 2. The first-order valence-corrected chi connectivity index (χ1v) is 11.9. The van der Waals surface area contributed by atoms with Crippen molar-refractivity contribution >= 4 is 17.5 Å². The number of piperazine rings is 2. The predicted molar refractivity (Wildman–Crippen MR) is 121 cm³/mol. The molecule has 0 N–H and O–H groups in total. The number of hydrogen-bond donors (Lipinski definition) is 0. The van der Waals surface area contributed by atoms with Gasteiger partial charge in [-0.05, 0) is 26.3 Å². The number of carbonyl (C=O) groups excluding carboxylic acids is 1. The molecule has 1 saturated carbocycles. The third-order valence-electron chi connectivity index (χ3n) is 7.09. The quantitative estimate of drug-likeness (QED) is 0.738. The van der Waals surface area contributed by atoms with Gasteiger partial charge in [0.1, 0.15) is 17.5 Å². The number of hydrogen-bond acceptors (Lipinski definition) is 6. The number of amides is 1. The van der Waals surface area contributed by atoms with Crippen LogP contribution in [0.25, 0.3) is 0 Å². The van der Waals surface area contributed by atoms with E-state index in [9.17, 15) is 4.79 Å². The molecule has 1 amide bonds. The number of aromatic nitrogens is 2. The maximum Gasteiger partial charge on any atom is 0.222 e. The van der Waals surface area contributed by atoms with Gasteiger partial charge in [-0.2, -0.15) is 0 Å². The van der Waals surface area contributed by atoms with Gasteiger partial charge in [0.25, 0.3) is 0 Å². The average molecular weight is 415 g/mol. The van der Waals surface area contributed by atoms with Crippen LogP contribution in [0.3, 0.4) is 0 Å². The molecule has 0 bridgehead atoms. The molecule has 3 heterocycles. The highest BCUT2D eigenvalue weighted by molar-refractivity contribution is 5.76. The lowest BCUT2D eigenvalue weighted by Gasteiger charge is -2.37. The third kappa shape index (κ3) is 5.42. The lowest BCUT2D eigenvalue weighted by Crippen LogP contribution is -2.49. The van der Waals surface area contributed by atoms with E-state index >= 15 is 0 Å². The topological polar surface area (TPSA) is 55.8 Å². The van der Waals surface area contributed by atoms with E-state index in [0.29, 0.717) is 5.91 Å². The molecular weight excluding hydrogens is 376 g/mol. The van der Waals surface area contributed by atoms with Crippen LogP contribution in [-0.4, -0.2) is 85.1 Å². The number of carbonyl (C=O) groups is 1. The highest BCUT2D eigenvalue weighted by Gasteiger charge is 2.24. The SMILES string of the molecule is Cc1nc(N2CCN(C)CC2)cc(N2CCN(C(=O)CCC3CCCCC3)CC2)n1. The zero-order chi connectivity index (χ0) is 20.9. The van der Waals surface area contributed by atoms with Gasteiger partial charge < -0.3 is 19.6 Å². The average Bonchev–Trinajstić information content (AvgIpc) is 2.78. The number of nitrogens with zero attached hydrogens (tertiary/aromatic N) is 6. The molecule has 1 aromatic heterocycles. The molecule has 3 fully saturated rings. The lowest BCUT2D eigenvalue weighted by molar-refractivity contribution is -0.131. The first kappa shape index (κ1) is 21.3. The molecule has 0 spiro atoms. The van der Waals surface area contributed by atoms with E-state index in [4.69, 9.17) is 9.97 Å². The van der Waals surface area contributed by atoms with Crippen LogP contribution in [0.5, 0.6) is 0 Å². The monoisotopic (exact) mass is 414 g/mol. The Morgan fingerprint density at radius 3 is 2.07 bits per heavy atom. The maximum atomic E-state index is 12.7. The minimum absolute atomic E-state index is 0.345. The minimum atomic E-state index is 0.345. The highest BCUT2D eigenvalue weighted by Crippen LogP contribution is 2.28. The van der Waals surface area contributed by atoms with Crippen molar-refractivity contribution in [1.29, 1.82) is 0 Å². The van der Waals surface area contributed by atoms with Gasteiger partial charge in [-0.25, -0.2) is 9.97 Å². The fraction of sp³-hybridized carbons (Fsp3) is 0.783. The van der Waals surface area contributed by atoms with Crippen LogP contribution >= 0.6 is 0 Å². The molecule has 2 aliphatic heterocycles. The number of likely N-dealkylation sites (N-methyl/N-ethyl adjacent to an activating group) is 1. The van der Waals surface area contributed by atoms with Gasteiger partial charge in [-0.3, -0.25) is 4.79 Å². The van der Waals surface area contributed by atoms with Crippen molar-refractivity contribution in [3.8, 4) is 0 Å². The van der Waals surface area contributed by atoms with E-state index in [-0.39, 0.29) is 0 Å². The van der Waals surface area contributed by atoms with Gasteiger partial charge >= 0.3 is 0 Å². The predicted octanol–water partition coefficient (Wildman–Crippen LogP) is 2.55. The molecule has 0 radical (unpaired) electrons. The van der Waals surface area contributed by atoms with Crippen molar-refractivity contribution in [3.63, 3.8) is 0 Å². The van der Waals surface area contributed by atoms with Crippen molar-refractivity contribution in [2.45, 2.75) is 51.9 Å². The van der Waals surface area contributed by atoms with Crippen molar-refractivity contribution in [1.82, 2.24) is 19.8 Å². The minimum Gasteiger partial charge on any atom is -0.354 e. The zero-order valence-corrected chi connectivity index (χ0v) is 18.9. The summed E-state index contributed by atoms with van der Waals surface area (Å²) in [6.07, 6.45) is 8.54. The number of aryl methyl sites for hydroxylation is 1. The highest BCUT2D eigenvalue weighted by atomic mass is 16.2. The Morgan fingerprint density at radius 1 is 0.900 bits per heavy atom. The second-order valence-electron chi connectivity index (χ2n) is 9.33. The largest absolute Gasteiger partial charge is 0.354 e. The van der Waals surface area contributed by atoms with Gasteiger partial charge in [-0.1, -0.05) is 32.1 Å². The Morgan fingerprint density at radius 2 is 1.47 bits per heavy atom. The normalized spacial score (nSPS) is 21.9. The molecular formula is C23H38N6O. The van der Waals surface area contributed by atoms with Crippen LogP contribution < -0.4 is 9.80 Å². The lowest BCUT2D eigenvalue weighted by atomic mass is 9.86. The van der Waals surface area contributed by atoms with E-state index < -0.39 is 0 Å². The summed E-state index contributed by atoms with van der Waals surface area (Å²) in [5.41, 5.74) is 0. The Kier molecular flexibility index (Phi) is 7.08. The summed E-state index contributed by atoms with van der Waals surface area (Å²) in [4.78, 5) is 31.2. The van der Waals surface area contributed by atoms with Crippen LogP contribution in [0.2, 0.25) is 0 Å². The zero-order valence-electron chi connectivity index (χ0n) is 18.9. The molecule has 1 aromatic rings. The van der Waals surface area contributed by atoms with Gasteiger partial charge in [0.2, 0.25) is 5.91 Å². The van der Waals surface area contributed by atoms with Gasteiger partial charge in [0.15, 0.2) is 0 Å². The van der Waals surface area contributed by atoms with Crippen molar-refractivity contribution in [2.24, 2.45) is 5.92 Å². The molecule has 30 heavy (non-hydrogen) atoms. The van der Waals surface area contributed by atoms with Crippen molar-refractivity contribution < 1.29 is 4.79 Å². The maximum absolute atomic E-state index is 12.7. The molecule has 0 unspecified atom stereocenters. The van der Waals surface area contributed by atoms with Crippen molar-refractivity contribution in [3.05, 3.63) is 11.9 Å². The molecule has 4 rings (SSSR count). The second-order valence-corrected chi connectivity index (χ2v) is 9.33. The Bertz CT molecular complexity index is 704. The van der Waals surface area contributed by atoms with Gasteiger partial charge in [-0.15, -0.1) is 0 Å². The van der Waals surface area contributed by atoms with E-state index in [1.807, 2.05) is 6.92 Å². The van der Waals surface area contributed by atoms with E-state index in [0.717, 1.165) is 88.6 Å². The Hall–Kier alpha value is -1.89. The summed E-state index contributed by atoms with van der Waals surface area (Å²) in [6, 6.07) is 2.14. The summed E-state index contributed by atoms with van der Waals surface area (Å²) >= 11 is 0. The van der Waals surface area contributed by atoms with Gasteiger partial charge in [0, 0.05) is 64.8 Å². The van der Waals surface area contributed by atoms with Crippen molar-refractivity contribution in [2.75, 3.05) is 69.2 Å². The molecule has 1 aliphatic carbocycles. The molecule has 0 atom stereocenters. The standard InChI is InChI=1S/C23H38N6O/c1-19-24-21(27-12-10-26(2)11-13-27)18-22(25-19)28-14-16-29(17-15-28)23(30)9-8-20-6-4-3-5-7-20/h18,20H,3-17H2,1-2H3. The molecule has 166 valence electrons. The fourth-order valence-electron chi connectivity index (χ4n) is 5.04. The molecule has 0 aromatic carbocycles. The molecule has 7 heteroatoms. The van der Waals surface area contributed by atoms with Crippen LogP contribution in [0.4, 0.5) is 11.6 Å². The summed E-state index contributed by atoms with van der Waals surface area (Å²) < 4.78 is 0. The van der Waals surface area contributed by atoms with E-state index in [1.54, 1.807) is 0 Å². The molecule has 7 nitrogen and oxygen atoms in total. The summed E-state index contributed by atoms with van der Waals surface area (Å²) in [7, 11) is 2.17. The Labute approximate surface area is 181 Å². The van der Waals surface area contributed by atoms with Crippen LogP contribution in [0, 0.1) is 12.8 Å². The summed E-state index contributed by atoms with van der Waals surface area (Å²) in [5.74, 6) is 3.99. The van der Waals surface area contributed by atoms with Crippen LogP contribution in [0.1, 0.15) is 50.8 Å². The second kappa shape index (κ2) is 9.94. The summed E-state index contributed by atoms with van der Waals surface area (Å²) in [5, 5.41) is 0. The first-order valence-electron chi connectivity index (χ1n) is 11.9.